The third-order valence-corrected chi connectivity index (χ3v) is 9.29. The monoisotopic (exact) mass is 607 g/mol. The van der Waals surface area contributed by atoms with Crippen molar-refractivity contribution in [3.8, 4) is 12.1 Å². The van der Waals surface area contributed by atoms with Crippen molar-refractivity contribution in [3.63, 3.8) is 0 Å². The van der Waals surface area contributed by atoms with Crippen molar-refractivity contribution in [2.75, 3.05) is 17.2 Å². The van der Waals surface area contributed by atoms with E-state index in [1.54, 1.807) is 18.3 Å². The van der Waals surface area contributed by atoms with Crippen LogP contribution in [0, 0.1) is 34.0 Å². The molecular weight excluding hydrogens is 579 g/mol. The number of fused-ring (bicyclic) bond motifs is 2. The summed E-state index contributed by atoms with van der Waals surface area (Å²) in [6.07, 6.45) is 3.78. The maximum atomic E-state index is 13.7. The minimum absolute atomic E-state index is 0.0296. The van der Waals surface area contributed by atoms with E-state index >= 15 is 0 Å². The molecule has 5 aromatic rings. The lowest BCUT2D eigenvalue weighted by Crippen LogP contribution is -2.59. The van der Waals surface area contributed by atoms with Crippen LogP contribution >= 0.6 is 0 Å². The van der Waals surface area contributed by atoms with Gasteiger partial charge in [0.25, 0.3) is 0 Å². The molecule has 0 spiro atoms. The quantitative estimate of drug-likeness (QED) is 0.197. The van der Waals surface area contributed by atoms with Crippen LogP contribution in [0.1, 0.15) is 61.5 Å². The first-order chi connectivity index (χ1) is 21.5. The van der Waals surface area contributed by atoms with Gasteiger partial charge in [-0.15, -0.1) is 5.10 Å². The predicted molar refractivity (Wildman–Crippen MR) is 162 cm³/mol. The average molecular weight is 608 g/mol. The molecule has 12 heteroatoms. The summed E-state index contributed by atoms with van der Waals surface area (Å²) in [6.45, 7) is 1.70. The summed E-state index contributed by atoms with van der Waals surface area (Å²) in [4.78, 5) is 8.85. The van der Waals surface area contributed by atoms with Gasteiger partial charge in [0.1, 0.15) is 17.8 Å². The molecule has 0 aliphatic heterocycles. The molecule has 3 saturated carbocycles. The van der Waals surface area contributed by atoms with Crippen LogP contribution in [0.2, 0.25) is 0 Å². The zero-order valence-electron chi connectivity index (χ0n) is 24.5. The molecule has 3 fully saturated rings. The first-order valence-corrected chi connectivity index (χ1v) is 14.6. The standard InChI is InChI=1S/C33H28F3N9/c1-31(2,33(34,35)36)18-41-29-21(15-38)16-40-28-20(14-37)9-22(10-25(28)29)42-30(24-5-3-7-26-23(24)6-4-8-39-26)27-17-45(44-43-27)32-11-19(12-32)13-32/h3-10,16-17,19,30,42H,11-13,18H2,1-2H3,(H,40,41). The fourth-order valence-electron chi connectivity index (χ4n) is 6.37. The highest BCUT2D eigenvalue weighted by Gasteiger charge is 2.59. The number of nitriles is 2. The zero-order chi connectivity index (χ0) is 31.6. The Balaban J connectivity index is 1.34. The number of rotatable bonds is 8. The van der Waals surface area contributed by atoms with E-state index < -0.39 is 24.2 Å². The molecule has 2 N–H and O–H groups in total. The van der Waals surface area contributed by atoms with Crippen LogP contribution in [0.15, 0.2) is 61.1 Å². The van der Waals surface area contributed by atoms with Gasteiger partial charge in [0.2, 0.25) is 0 Å². The highest BCUT2D eigenvalue weighted by molar-refractivity contribution is 5.99. The van der Waals surface area contributed by atoms with Crippen molar-refractivity contribution in [1.82, 2.24) is 25.0 Å². The van der Waals surface area contributed by atoms with E-state index in [0.29, 0.717) is 16.8 Å². The van der Waals surface area contributed by atoms with E-state index in [0.717, 1.165) is 55.5 Å². The second-order valence-corrected chi connectivity index (χ2v) is 12.7. The van der Waals surface area contributed by atoms with Gasteiger partial charge in [-0.3, -0.25) is 9.97 Å². The lowest BCUT2D eigenvalue weighted by atomic mass is 9.50. The van der Waals surface area contributed by atoms with Gasteiger partial charge < -0.3 is 10.6 Å². The Morgan fingerprint density at radius 1 is 1.02 bits per heavy atom. The molecule has 1 unspecified atom stereocenters. The maximum absolute atomic E-state index is 13.7. The molecule has 8 rings (SSSR count). The van der Waals surface area contributed by atoms with E-state index in [-0.39, 0.29) is 27.9 Å². The van der Waals surface area contributed by atoms with E-state index in [2.05, 4.69) is 37.0 Å². The fourth-order valence-corrected chi connectivity index (χ4v) is 6.37. The lowest BCUT2D eigenvalue weighted by molar-refractivity contribution is -0.206. The van der Waals surface area contributed by atoms with Crippen molar-refractivity contribution >= 4 is 33.2 Å². The topological polar surface area (TPSA) is 128 Å². The van der Waals surface area contributed by atoms with Crippen LogP contribution in [0.25, 0.3) is 21.8 Å². The van der Waals surface area contributed by atoms with Crippen molar-refractivity contribution in [3.05, 3.63) is 83.4 Å². The van der Waals surface area contributed by atoms with Crippen LogP contribution in [-0.2, 0) is 5.54 Å². The second-order valence-electron chi connectivity index (χ2n) is 12.7. The van der Waals surface area contributed by atoms with Crippen LogP contribution in [0.3, 0.4) is 0 Å². The molecular formula is C33H28F3N9. The maximum Gasteiger partial charge on any atom is 0.395 e. The van der Waals surface area contributed by atoms with E-state index in [1.807, 2.05) is 47.3 Å². The fraction of sp³-hybridized carbons (Fsp3) is 0.333. The first-order valence-electron chi connectivity index (χ1n) is 14.6. The summed E-state index contributed by atoms with van der Waals surface area (Å²) in [5, 5.41) is 36.7. The SMILES string of the molecule is CC(C)(CNc1c(C#N)cnc2c(C#N)cc(NC(c3cn(C45CC(C4)C5)nn3)c3cccc4ncccc34)cc12)C(F)(F)F. The summed E-state index contributed by atoms with van der Waals surface area (Å²) >= 11 is 0. The molecule has 3 aliphatic carbocycles. The summed E-state index contributed by atoms with van der Waals surface area (Å²) < 4.78 is 43.1. The number of nitrogens with one attached hydrogen (secondary N) is 2. The van der Waals surface area contributed by atoms with Crippen molar-refractivity contribution in [2.24, 2.45) is 11.3 Å². The molecule has 2 bridgehead atoms. The first kappa shape index (κ1) is 28.5. The van der Waals surface area contributed by atoms with Crippen molar-refractivity contribution in [2.45, 2.75) is 50.9 Å². The zero-order valence-corrected chi connectivity index (χ0v) is 24.5. The number of alkyl halides is 3. The summed E-state index contributed by atoms with van der Waals surface area (Å²) in [5.74, 6) is 0.758. The third-order valence-electron chi connectivity index (χ3n) is 9.29. The summed E-state index contributed by atoms with van der Waals surface area (Å²) in [5.41, 5.74) is 1.53. The second kappa shape index (κ2) is 10.2. The van der Waals surface area contributed by atoms with Gasteiger partial charge in [0.05, 0.1) is 51.0 Å². The van der Waals surface area contributed by atoms with Crippen molar-refractivity contribution in [1.29, 1.82) is 10.5 Å². The van der Waals surface area contributed by atoms with Crippen LogP contribution in [0.4, 0.5) is 24.5 Å². The van der Waals surface area contributed by atoms with Crippen LogP contribution in [0.5, 0.6) is 0 Å². The van der Waals surface area contributed by atoms with Crippen LogP contribution in [-0.4, -0.2) is 37.7 Å². The van der Waals surface area contributed by atoms with E-state index in [4.69, 9.17) is 0 Å². The van der Waals surface area contributed by atoms with Gasteiger partial charge in [-0.25, -0.2) is 4.68 Å². The number of hydrogen-bond acceptors (Lipinski definition) is 8. The molecule has 3 aromatic heterocycles. The Bertz CT molecular complexity index is 2030. The molecule has 3 heterocycles. The van der Waals surface area contributed by atoms with Crippen molar-refractivity contribution < 1.29 is 13.2 Å². The predicted octanol–water partition coefficient (Wildman–Crippen LogP) is 6.83. The number of pyridine rings is 2. The minimum atomic E-state index is -4.47. The number of aromatic nitrogens is 5. The normalized spacial score (nSPS) is 19.7. The Hall–Kier alpha value is -5.23. The Kier molecular flexibility index (Phi) is 6.44. The minimum Gasteiger partial charge on any atom is -0.382 e. The number of halogens is 3. The van der Waals surface area contributed by atoms with Gasteiger partial charge in [-0.2, -0.15) is 23.7 Å². The molecule has 0 radical (unpaired) electrons. The van der Waals surface area contributed by atoms with Gasteiger partial charge >= 0.3 is 6.18 Å². The molecule has 1 atom stereocenters. The summed E-state index contributed by atoms with van der Waals surface area (Å²) in [7, 11) is 0. The molecule has 226 valence electrons. The number of benzene rings is 2. The third kappa shape index (κ3) is 4.69. The highest BCUT2D eigenvalue weighted by atomic mass is 19.4. The van der Waals surface area contributed by atoms with Gasteiger partial charge in [0.15, 0.2) is 0 Å². The lowest BCUT2D eigenvalue weighted by Gasteiger charge is -2.61. The molecule has 9 nitrogen and oxygen atoms in total. The van der Waals surface area contributed by atoms with E-state index in [1.165, 1.54) is 6.20 Å². The number of anilines is 2. The van der Waals surface area contributed by atoms with Gasteiger partial charge in [-0.05, 0) is 68.9 Å². The molecule has 0 saturated heterocycles. The largest absolute Gasteiger partial charge is 0.395 e. The number of hydrogen-bond donors (Lipinski definition) is 2. The van der Waals surface area contributed by atoms with Crippen LogP contribution < -0.4 is 10.6 Å². The van der Waals surface area contributed by atoms with Gasteiger partial charge in [0, 0.05) is 35.4 Å². The smallest absolute Gasteiger partial charge is 0.382 e. The molecule has 45 heavy (non-hydrogen) atoms. The summed E-state index contributed by atoms with van der Waals surface area (Å²) in [6, 6.07) is 16.7. The van der Waals surface area contributed by atoms with Gasteiger partial charge in [-0.1, -0.05) is 23.4 Å². The Morgan fingerprint density at radius 2 is 1.80 bits per heavy atom. The highest BCUT2D eigenvalue weighted by Crippen LogP contribution is 2.62. The van der Waals surface area contributed by atoms with E-state index in [9.17, 15) is 23.7 Å². The number of nitrogens with zero attached hydrogens (tertiary/aromatic N) is 7. The molecule has 2 aromatic carbocycles. The molecule has 0 amide bonds. The Morgan fingerprint density at radius 3 is 2.49 bits per heavy atom. The average Bonchev–Trinajstić information content (AvgIpc) is 3.45. The Labute approximate surface area is 256 Å². The molecule has 3 aliphatic rings.